The van der Waals surface area contributed by atoms with E-state index in [1.54, 1.807) is 7.11 Å². The van der Waals surface area contributed by atoms with Gasteiger partial charge >= 0.3 is 6.03 Å². The summed E-state index contributed by atoms with van der Waals surface area (Å²) in [4.78, 5) is 17.3. The molecule has 2 aromatic rings. The van der Waals surface area contributed by atoms with Gasteiger partial charge in [-0.15, -0.1) is 11.3 Å². The number of amides is 2. The third-order valence-corrected chi connectivity index (χ3v) is 4.46. The Morgan fingerprint density at radius 3 is 2.71 bits per heavy atom. The summed E-state index contributed by atoms with van der Waals surface area (Å²) in [5.41, 5.74) is 2.01. The summed E-state index contributed by atoms with van der Waals surface area (Å²) in [6, 6.07) is 5.54. The lowest BCUT2D eigenvalue weighted by Gasteiger charge is -2.11. The number of carbonyl (C=O) groups is 1. The van der Waals surface area contributed by atoms with Crippen molar-refractivity contribution in [1.29, 1.82) is 0 Å². The van der Waals surface area contributed by atoms with Crippen LogP contribution in [0.3, 0.4) is 0 Å². The quantitative estimate of drug-likeness (QED) is 0.802. The SMILES string of the molecule is CCOc1ccc(CCNC(=O)Nc2nc(C)c(C)s2)cc1OC. The summed E-state index contributed by atoms with van der Waals surface area (Å²) in [5.74, 6) is 1.43. The summed E-state index contributed by atoms with van der Waals surface area (Å²) in [6.45, 7) is 6.95. The molecule has 1 heterocycles. The summed E-state index contributed by atoms with van der Waals surface area (Å²) in [7, 11) is 1.62. The van der Waals surface area contributed by atoms with Crippen molar-refractivity contribution in [3.8, 4) is 11.5 Å². The van der Waals surface area contributed by atoms with Crippen molar-refractivity contribution in [3.63, 3.8) is 0 Å². The van der Waals surface area contributed by atoms with E-state index in [9.17, 15) is 4.79 Å². The Hall–Kier alpha value is -2.28. The predicted octanol–water partition coefficient (Wildman–Crippen LogP) is 3.53. The van der Waals surface area contributed by atoms with E-state index >= 15 is 0 Å². The molecule has 0 fully saturated rings. The lowest BCUT2D eigenvalue weighted by atomic mass is 10.1. The minimum atomic E-state index is -0.248. The standard InChI is InChI=1S/C17H23N3O3S/c1-5-23-14-7-6-13(10-15(14)22-4)8-9-18-16(21)20-17-19-11(2)12(3)24-17/h6-7,10H,5,8-9H2,1-4H3,(H2,18,19,20,21). The van der Waals surface area contributed by atoms with Gasteiger partial charge in [0.25, 0.3) is 0 Å². The Kier molecular flexibility index (Phi) is 6.43. The molecule has 0 unspecified atom stereocenters. The molecule has 0 atom stereocenters. The van der Waals surface area contributed by atoms with Gasteiger partial charge in [0, 0.05) is 11.4 Å². The maximum absolute atomic E-state index is 11.9. The second-order valence-electron chi connectivity index (χ2n) is 5.21. The molecule has 7 heteroatoms. The van der Waals surface area contributed by atoms with Crippen LogP contribution in [0.4, 0.5) is 9.93 Å². The fourth-order valence-electron chi connectivity index (χ4n) is 2.13. The van der Waals surface area contributed by atoms with Gasteiger partial charge in [0.05, 0.1) is 19.4 Å². The van der Waals surface area contributed by atoms with E-state index in [1.165, 1.54) is 11.3 Å². The topological polar surface area (TPSA) is 72.5 Å². The van der Waals surface area contributed by atoms with Gasteiger partial charge in [-0.25, -0.2) is 9.78 Å². The molecule has 1 aromatic carbocycles. The fourth-order valence-corrected chi connectivity index (χ4v) is 2.94. The number of thiazole rings is 1. The van der Waals surface area contributed by atoms with Crippen LogP contribution < -0.4 is 20.1 Å². The molecule has 0 spiro atoms. The number of nitrogens with zero attached hydrogens (tertiary/aromatic N) is 1. The van der Waals surface area contributed by atoms with Gasteiger partial charge in [0.15, 0.2) is 16.6 Å². The molecule has 0 aliphatic rings. The number of aryl methyl sites for hydroxylation is 2. The van der Waals surface area contributed by atoms with Crippen LogP contribution in [0.25, 0.3) is 0 Å². The molecule has 6 nitrogen and oxygen atoms in total. The van der Waals surface area contributed by atoms with E-state index in [0.29, 0.717) is 30.5 Å². The van der Waals surface area contributed by atoms with Crippen molar-refractivity contribution in [3.05, 3.63) is 34.3 Å². The van der Waals surface area contributed by atoms with Gasteiger partial charge in [-0.05, 0) is 44.9 Å². The molecular formula is C17H23N3O3S. The van der Waals surface area contributed by atoms with Crippen LogP contribution in [0.1, 0.15) is 23.1 Å². The van der Waals surface area contributed by atoms with Crippen molar-refractivity contribution in [2.45, 2.75) is 27.2 Å². The fraction of sp³-hybridized carbons (Fsp3) is 0.412. The Balaban J connectivity index is 1.83. The molecule has 0 bridgehead atoms. The first kappa shape index (κ1) is 18.1. The largest absolute Gasteiger partial charge is 0.493 e. The molecule has 0 aliphatic carbocycles. The zero-order valence-electron chi connectivity index (χ0n) is 14.4. The number of ether oxygens (including phenoxy) is 2. The number of hydrogen-bond acceptors (Lipinski definition) is 5. The minimum absolute atomic E-state index is 0.248. The molecule has 2 N–H and O–H groups in total. The number of benzene rings is 1. The van der Waals surface area contributed by atoms with Crippen LogP contribution in [0.5, 0.6) is 11.5 Å². The molecule has 0 saturated heterocycles. The van der Waals surface area contributed by atoms with Crippen LogP contribution in [-0.2, 0) is 6.42 Å². The van der Waals surface area contributed by atoms with Gasteiger partial charge < -0.3 is 14.8 Å². The number of aromatic nitrogens is 1. The van der Waals surface area contributed by atoms with Gasteiger partial charge in [-0.3, -0.25) is 5.32 Å². The van der Waals surface area contributed by atoms with Crippen molar-refractivity contribution < 1.29 is 14.3 Å². The smallest absolute Gasteiger partial charge is 0.321 e. The molecule has 1 aromatic heterocycles. The van der Waals surface area contributed by atoms with Crippen molar-refractivity contribution >= 4 is 22.5 Å². The van der Waals surface area contributed by atoms with E-state index in [1.807, 2.05) is 39.0 Å². The van der Waals surface area contributed by atoms with Gasteiger partial charge in [0.1, 0.15) is 0 Å². The van der Waals surface area contributed by atoms with E-state index < -0.39 is 0 Å². The molecular weight excluding hydrogens is 326 g/mol. The van der Waals surface area contributed by atoms with Crippen LogP contribution in [0.2, 0.25) is 0 Å². The Bertz CT molecular complexity index is 681. The molecule has 0 aliphatic heterocycles. The van der Waals surface area contributed by atoms with Crippen LogP contribution in [0.15, 0.2) is 18.2 Å². The third kappa shape index (κ3) is 4.86. The average Bonchev–Trinajstić information content (AvgIpc) is 2.86. The second-order valence-corrected chi connectivity index (χ2v) is 6.41. The molecule has 2 rings (SSSR count). The van der Waals surface area contributed by atoms with Crippen molar-refractivity contribution in [2.24, 2.45) is 0 Å². The third-order valence-electron chi connectivity index (χ3n) is 3.48. The highest BCUT2D eigenvalue weighted by molar-refractivity contribution is 7.15. The Labute approximate surface area is 146 Å². The lowest BCUT2D eigenvalue weighted by Crippen LogP contribution is -2.30. The van der Waals surface area contributed by atoms with E-state index in [-0.39, 0.29) is 6.03 Å². The summed E-state index contributed by atoms with van der Waals surface area (Å²) < 4.78 is 10.8. The first-order valence-corrected chi connectivity index (χ1v) is 8.63. The number of nitrogens with one attached hydrogen (secondary N) is 2. The molecule has 2 amide bonds. The molecule has 130 valence electrons. The monoisotopic (exact) mass is 349 g/mol. The second kappa shape index (κ2) is 8.54. The van der Waals surface area contributed by atoms with Crippen molar-refractivity contribution in [2.75, 3.05) is 25.6 Å². The summed E-state index contributed by atoms with van der Waals surface area (Å²) in [5, 5.41) is 6.20. The van der Waals surface area contributed by atoms with E-state index in [0.717, 1.165) is 21.9 Å². The number of anilines is 1. The highest BCUT2D eigenvalue weighted by Crippen LogP contribution is 2.28. The van der Waals surface area contributed by atoms with Crippen molar-refractivity contribution in [1.82, 2.24) is 10.3 Å². The van der Waals surface area contributed by atoms with Gasteiger partial charge in [-0.1, -0.05) is 6.07 Å². The molecule has 24 heavy (non-hydrogen) atoms. The maximum Gasteiger partial charge on any atom is 0.321 e. The lowest BCUT2D eigenvalue weighted by molar-refractivity contribution is 0.252. The summed E-state index contributed by atoms with van der Waals surface area (Å²) >= 11 is 1.47. The number of carbonyl (C=O) groups excluding carboxylic acids is 1. The zero-order valence-corrected chi connectivity index (χ0v) is 15.3. The molecule has 0 radical (unpaired) electrons. The van der Waals surface area contributed by atoms with Crippen LogP contribution >= 0.6 is 11.3 Å². The first-order chi connectivity index (χ1) is 11.5. The number of methoxy groups -OCH3 is 1. The minimum Gasteiger partial charge on any atom is -0.493 e. The van der Waals surface area contributed by atoms with Crippen LogP contribution in [0, 0.1) is 13.8 Å². The van der Waals surface area contributed by atoms with E-state index in [4.69, 9.17) is 9.47 Å². The highest BCUT2D eigenvalue weighted by atomic mass is 32.1. The van der Waals surface area contributed by atoms with Gasteiger partial charge in [0.2, 0.25) is 0 Å². The zero-order chi connectivity index (χ0) is 17.5. The first-order valence-electron chi connectivity index (χ1n) is 7.82. The van der Waals surface area contributed by atoms with Gasteiger partial charge in [-0.2, -0.15) is 0 Å². The number of rotatable bonds is 7. The predicted molar refractivity (Wildman–Crippen MR) is 96.5 cm³/mol. The highest BCUT2D eigenvalue weighted by Gasteiger charge is 2.08. The normalized spacial score (nSPS) is 10.3. The number of urea groups is 1. The van der Waals surface area contributed by atoms with E-state index in [2.05, 4.69) is 15.6 Å². The Morgan fingerprint density at radius 1 is 1.29 bits per heavy atom. The van der Waals surface area contributed by atoms with Crippen LogP contribution in [-0.4, -0.2) is 31.3 Å². The average molecular weight is 349 g/mol. The number of hydrogen-bond donors (Lipinski definition) is 2. The maximum atomic E-state index is 11.9. The molecule has 0 saturated carbocycles. The Morgan fingerprint density at radius 2 is 2.08 bits per heavy atom. The summed E-state index contributed by atoms with van der Waals surface area (Å²) in [6.07, 6.45) is 0.701.